The van der Waals surface area contributed by atoms with Gasteiger partial charge in [-0.3, -0.25) is 4.90 Å². The molecule has 16 heavy (non-hydrogen) atoms. The molecule has 1 atom stereocenters. The predicted molar refractivity (Wildman–Crippen MR) is 65.6 cm³/mol. The van der Waals surface area contributed by atoms with Gasteiger partial charge in [0.25, 0.3) is 0 Å². The number of piperazine rings is 1. The molecule has 0 saturated carbocycles. The summed E-state index contributed by atoms with van der Waals surface area (Å²) < 4.78 is 5.36. The van der Waals surface area contributed by atoms with Crippen LogP contribution < -0.4 is 5.32 Å². The Balaban J connectivity index is 1.81. The molecule has 1 aliphatic rings. The Bertz CT molecular complexity index is 310. The quantitative estimate of drug-likeness (QED) is 0.843. The largest absolute Gasteiger partial charge is 0.469 e. The van der Waals surface area contributed by atoms with E-state index in [1.807, 2.05) is 6.07 Å². The number of hydrogen-bond acceptors (Lipinski definition) is 3. The first-order valence-corrected chi connectivity index (χ1v) is 6.22. The molecule has 1 aliphatic heterocycles. The van der Waals surface area contributed by atoms with Gasteiger partial charge in [0.05, 0.1) is 6.26 Å². The third kappa shape index (κ3) is 2.86. The summed E-state index contributed by atoms with van der Waals surface area (Å²) in [5.41, 5.74) is 0.293. The average Bonchev–Trinajstić information content (AvgIpc) is 2.80. The lowest BCUT2D eigenvalue weighted by atomic mass is 9.96. The molecule has 3 heteroatoms. The van der Waals surface area contributed by atoms with Crippen LogP contribution in [0.3, 0.4) is 0 Å². The highest BCUT2D eigenvalue weighted by atomic mass is 16.3. The van der Waals surface area contributed by atoms with Gasteiger partial charge in [-0.1, -0.05) is 6.92 Å². The molecule has 2 heterocycles. The Morgan fingerprint density at radius 3 is 3.12 bits per heavy atom. The summed E-state index contributed by atoms with van der Waals surface area (Å²) in [5.74, 6) is 1.09. The van der Waals surface area contributed by atoms with E-state index in [9.17, 15) is 0 Å². The molecular weight excluding hydrogens is 200 g/mol. The van der Waals surface area contributed by atoms with Gasteiger partial charge in [0.15, 0.2) is 0 Å². The maximum Gasteiger partial charge on any atom is 0.105 e. The SMILES string of the molecule is CCC1(C)CN(CCc2ccco2)CCN1. The normalized spacial score (nSPS) is 27.1. The highest BCUT2D eigenvalue weighted by Gasteiger charge is 2.28. The summed E-state index contributed by atoms with van der Waals surface area (Å²) in [5, 5.41) is 3.60. The van der Waals surface area contributed by atoms with Crippen molar-refractivity contribution in [3.8, 4) is 0 Å². The summed E-state index contributed by atoms with van der Waals surface area (Å²) >= 11 is 0. The fraction of sp³-hybridized carbons (Fsp3) is 0.692. The summed E-state index contributed by atoms with van der Waals surface area (Å²) in [6, 6.07) is 4.02. The minimum Gasteiger partial charge on any atom is -0.469 e. The van der Waals surface area contributed by atoms with Gasteiger partial charge in [-0.15, -0.1) is 0 Å². The van der Waals surface area contributed by atoms with E-state index in [2.05, 4.69) is 30.1 Å². The van der Waals surface area contributed by atoms with Gasteiger partial charge in [-0.2, -0.15) is 0 Å². The van der Waals surface area contributed by atoms with Crippen molar-refractivity contribution in [3.63, 3.8) is 0 Å². The molecule has 1 aromatic rings. The van der Waals surface area contributed by atoms with E-state index in [0.29, 0.717) is 5.54 Å². The zero-order valence-electron chi connectivity index (χ0n) is 10.3. The lowest BCUT2D eigenvalue weighted by Crippen LogP contribution is -2.58. The number of nitrogens with one attached hydrogen (secondary N) is 1. The third-order valence-corrected chi connectivity index (χ3v) is 3.59. The van der Waals surface area contributed by atoms with Crippen LogP contribution in [-0.4, -0.2) is 36.6 Å². The zero-order chi connectivity index (χ0) is 11.4. The molecule has 3 nitrogen and oxygen atoms in total. The molecule has 0 radical (unpaired) electrons. The topological polar surface area (TPSA) is 28.4 Å². The molecule has 0 aromatic carbocycles. The molecule has 0 aliphatic carbocycles. The van der Waals surface area contributed by atoms with Crippen molar-refractivity contribution in [1.29, 1.82) is 0 Å². The maximum atomic E-state index is 5.36. The van der Waals surface area contributed by atoms with E-state index in [1.165, 1.54) is 6.42 Å². The second-order valence-corrected chi connectivity index (χ2v) is 4.95. The van der Waals surface area contributed by atoms with Gasteiger partial charge in [-0.25, -0.2) is 0 Å². The van der Waals surface area contributed by atoms with Crippen molar-refractivity contribution in [2.45, 2.75) is 32.2 Å². The molecule has 1 aromatic heterocycles. The fourth-order valence-electron chi connectivity index (χ4n) is 2.30. The standard InChI is InChI=1S/C13H22N2O/c1-3-13(2)11-15(9-7-14-13)8-6-12-5-4-10-16-12/h4-5,10,14H,3,6-9,11H2,1-2H3. The highest BCUT2D eigenvalue weighted by Crippen LogP contribution is 2.15. The van der Waals surface area contributed by atoms with Gasteiger partial charge in [0.1, 0.15) is 5.76 Å². The van der Waals surface area contributed by atoms with E-state index in [0.717, 1.165) is 38.4 Å². The summed E-state index contributed by atoms with van der Waals surface area (Å²) in [7, 11) is 0. The van der Waals surface area contributed by atoms with Crippen LogP contribution in [0.5, 0.6) is 0 Å². The zero-order valence-corrected chi connectivity index (χ0v) is 10.3. The van der Waals surface area contributed by atoms with Crippen molar-refractivity contribution in [3.05, 3.63) is 24.2 Å². The van der Waals surface area contributed by atoms with Crippen LogP contribution in [0.4, 0.5) is 0 Å². The van der Waals surface area contributed by atoms with Crippen LogP contribution in [-0.2, 0) is 6.42 Å². The van der Waals surface area contributed by atoms with Crippen LogP contribution in [0.1, 0.15) is 26.0 Å². The molecule has 2 rings (SSSR count). The van der Waals surface area contributed by atoms with Crippen LogP contribution in [0.2, 0.25) is 0 Å². The van der Waals surface area contributed by atoms with Crippen molar-refractivity contribution < 1.29 is 4.42 Å². The van der Waals surface area contributed by atoms with Crippen LogP contribution >= 0.6 is 0 Å². The van der Waals surface area contributed by atoms with Crippen molar-refractivity contribution in [2.75, 3.05) is 26.2 Å². The Morgan fingerprint density at radius 2 is 2.44 bits per heavy atom. The second kappa shape index (κ2) is 5.02. The Hall–Kier alpha value is -0.800. The minimum absolute atomic E-state index is 0.293. The summed E-state index contributed by atoms with van der Waals surface area (Å²) in [4.78, 5) is 2.53. The van der Waals surface area contributed by atoms with Gasteiger partial charge < -0.3 is 9.73 Å². The number of rotatable bonds is 4. The van der Waals surface area contributed by atoms with E-state index in [4.69, 9.17) is 4.42 Å². The molecule has 1 N–H and O–H groups in total. The van der Waals surface area contributed by atoms with E-state index >= 15 is 0 Å². The van der Waals surface area contributed by atoms with Crippen LogP contribution in [0, 0.1) is 0 Å². The van der Waals surface area contributed by atoms with E-state index in [1.54, 1.807) is 6.26 Å². The van der Waals surface area contributed by atoms with Gasteiger partial charge in [0, 0.05) is 38.1 Å². The van der Waals surface area contributed by atoms with Gasteiger partial charge >= 0.3 is 0 Å². The molecule has 0 bridgehead atoms. The van der Waals surface area contributed by atoms with Crippen molar-refractivity contribution in [2.24, 2.45) is 0 Å². The number of nitrogens with zero attached hydrogens (tertiary/aromatic N) is 1. The Kier molecular flexibility index (Phi) is 3.66. The van der Waals surface area contributed by atoms with Gasteiger partial charge in [-0.05, 0) is 25.5 Å². The fourth-order valence-corrected chi connectivity index (χ4v) is 2.30. The molecule has 1 fully saturated rings. The Morgan fingerprint density at radius 1 is 1.56 bits per heavy atom. The molecule has 90 valence electrons. The maximum absolute atomic E-state index is 5.36. The number of furan rings is 1. The first-order chi connectivity index (χ1) is 7.72. The summed E-state index contributed by atoms with van der Waals surface area (Å²) in [6.07, 6.45) is 3.96. The van der Waals surface area contributed by atoms with Gasteiger partial charge in [0.2, 0.25) is 0 Å². The summed E-state index contributed by atoms with van der Waals surface area (Å²) in [6.45, 7) is 9.06. The van der Waals surface area contributed by atoms with Crippen LogP contribution in [0.25, 0.3) is 0 Å². The molecule has 1 saturated heterocycles. The van der Waals surface area contributed by atoms with E-state index in [-0.39, 0.29) is 0 Å². The Labute approximate surface area is 97.8 Å². The highest BCUT2D eigenvalue weighted by molar-refractivity contribution is 4.99. The van der Waals surface area contributed by atoms with Crippen molar-refractivity contribution >= 4 is 0 Å². The smallest absolute Gasteiger partial charge is 0.105 e. The average molecular weight is 222 g/mol. The molecular formula is C13H22N2O. The van der Waals surface area contributed by atoms with Crippen LogP contribution in [0.15, 0.2) is 22.8 Å². The first kappa shape index (κ1) is 11.7. The molecule has 0 spiro atoms. The molecule has 0 amide bonds. The minimum atomic E-state index is 0.293. The van der Waals surface area contributed by atoms with Crippen molar-refractivity contribution in [1.82, 2.24) is 10.2 Å². The lowest BCUT2D eigenvalue weighted by Gasteiger charge is -2.41. The monoisotopic (exact) mass is 222 g/mol. The third-order valence-electron chi connectivity index (χ3n) is 3.59. The number of hydrogen-bond donors (Lipinski definition) is 1. The predicted octanol–water partition coefficient (Wildman–Crippen LogP) is 1.90. The second-order valence-electron chi connectivity index (χ2n) is 4.95. The molecule has 1 unspecified atom stereocenters. The lowest BCUT2D eigenvalue weighted by molar-refractivity contribution is 0.139. The first-order valence-electron chi connectivity index (χ1n) is 6.22. The van der Waals surface area contributed by atoms with E-state index < -0.39 is 0 Å².